The SMILES string of the molecule is CCC1CC(n2ccc3c(NC(=O)c4ccccc4)ncnc32)C(O[Si](C)(C)C(C)(C)C)C1OP(C)OCCC#N. The number of benzene rings is 1. The Balaban J connectivity index is 1.69. The Morgan fingerprint density at radius 3 is 2.59 bits per heavy atom. The van der Waals surface area contributed by atoms with Gasteiger partial charge >= 0.3 is 0 Å². The minimum absolute atomic E-state index is 0.0163. The Morgan fingerprint density at radius 2 is 1.93 bits per heavy atom. The smallest absolute Gasteiger partial charge is 0.256 e. The number of rotatable bonds is 11. The highest BCUT2D eigenvalue weighted by molar-refractivity contribution is 7.46. The molecule has 0 bridgehead atoms. The first kappa shape index (κ1) is 31.3. The fourth-order valence-electron chi connectivity index (χ4n) is 5.07. The van der Waals surface area contributed by atoms with E-state index in [1.54, 1.807) is 12.1 Å². The number of nitrogens with one attached hydrogen (secondary N) is 1. The molecule has 5 atom stereocenters. The number of anilines is 1. The highest BCUT2D eigenvalue weighted by atomic mass is 31.2. The van der Waals surface area contributed by atoms with E-state index in [1.807, 2.05) is 37.1 Å². The fourth-order valence-corrected chi connectivity index (χ4v) is 7.44. The van der Waals surface area contributed by atoms with E-state index >= 15 is 0 Å². The largest absolute Gasteiger partial charge is 0.409 e. The molecule has 1 saturated carbocycles. The molecule has 2 aromatic heterocycles. The predicted octanol–water partition coefficient (Wildman–Crippen LogP) is 7.30. The van der Waals surface area contributed by atoms with Crippen molar-refractivity contribution in [1.82, 2.24) is 14.5 Å². The lowest BCUT2D eigenvalue weighted by molar-refractivity contribution is 0.0286. The summed E-state index contributed by atoms with van der Waals surface area (Å²) in [5.41, 5.74) is 1.31. The molecule has 1 aliphatic rings. The van der Waals surface area contributed by atoms with Crippen LogP contribution in [0.4, 0.5) is 5.82 Å². The lowest BCUT2D eigenvalue weighted by atomic mass is 10.0. The van der Waals surface area contributed by atoms with Gasteiger partial charge in [0.1, 0.15) is 17.8 Å². The third-order valence-electron chi connectivity index (χ3n) is 8.36. The van der Waals surface area contributed by atoms with Crippen LogP contribution in [-0.2, 0) is 13.5 Å². The number of hydrogen-bond donors (Lipinski definition) is 1. The van der Waals surface area contributed by atoms with Crippen molar-refractivity contribution in [2.75, 3.05) is 18.6 Å². The number of amides is 1. The molecule has 220 valence electrons. The van der Waals surface area contributed by atoms with Crippen LogP contribution in [0.1, 0.15) is 63.4 Å². The standard InChI is InChI=1S/C30H42N5O4PSi/c1-8-21-19-24(26(39-41(6,7)30(2,3)4)25(21)38-40(5)37-18-12-16-31)35-17-15-23-27(32-20-33-28(23)35)34-29(36)22-13-10-9-11-14-22/h9-11,13-15,17,20-21,24-26H,8,12,18-19H2,1-7H3,(H,32,33,34,36). The van der Waals surface area contributed by atoms with Crippen molar-refractivity contribution < 1.29 is 18.3 Å². The van der Waals surface area contributed by atoms with E-state index in [1.165, 1.54) is 6.33 Å². The summed E-state index contributed by atoms with van der Waals surface area (Å²) in [6.45, 7) is 15.8. The molecule has 1 aromatic carbocycles. The summed E-state index contributed by atoms with van der Waals surface area (Å²) in [6, 6.07) is 13.2. The summed E-state index contributed by atoms with van der Waals surface area (Å²) in [5.74, 6) is 0.520. The summed E-state index contributed by atoms with van der Waals surface area (Å²) in [4.78, 5) is 22.0. The summed E-state index contributed by atoms with van der Waals surface area (Å²) < 4.78 is 21.8. The minimum Gasteiger partial charge on any atom is -0.409 e. The Hall–Kier alpha value is -2.67. The van der Waals surface area contributed by atoms with Crippen molar-refractivity contribution in [1.29, 1.82) is 5.26 Å². The van der Waals surface area contributed by atoms with Gasteiger partial charge in [-0.3, -0.25) is 4.79 Å². The summed E-state index contributed by atoms with van der Waals surface area (Å²) in [6.07, 6.45) is 5.29. The lowest BCUT2D eigenvalue weighted by Crippen LogP contribution is -2.48. The number of hydrogen-bond acceptors (Lipinski definition) is 7. The van der Waals surface area contributed by atoms with Crippen LogP contribution in [0.25, 0.3) is 11.0 Å². The lowest BCUT2D eigenvalue weighted by Gasteiger charge is -2.42. The van der Waals surface area contributed by atoms with Gasteiger partial charge in [0.15, 0.2) is 16.7 Å². The molecule has 11 heteroatoms. The van der Waals surface area contributed by atoms with Gasteiger partial charge in [0.05, 0.1) is 42.7 Å². The van der Waals surface area contributed by atoms with E-state index < -0.39 is 16.7 Å². The van der Waals surface area contributed by atoms with E-state index in [2.05, 4.69) is 66.7 Å². The minimum atomic E-state index is -2.19. The Morgan fingerprint density at radius 1 is 1.20 bits per heavy atom. The molecule has 1 aliphatic carbocycles. The highest BCUT2D eigenvalue weighted by Gasteiger charge is 2.50. The van der Waals surface area contributed by atoms with Gasteiger partial charge in [-0.15, -0.1) is 0 Å². The molecular formula is C30H42N5O4PSi. The van der Waals surface area contributed by atoms with Gasteiger partial charge in [-0.25, -0.2) is 9.97 Å². The van der Waals surface area contributed by atoms with Gasteiger partial charge in [0, 0.05) is 18.4 Å². The van der Waals surface area contributed by atoms with Crippen molar-refractivity contribution >= 4 is 39.5 Å². The van der Waals surface area contributed by atoms with E-state index in [4.69, 9.17) is 18.7 Å². The zero-order valence-electron chi connectivity index (χ0n) is 25.1. The number of carbonyl (C=O) groups is 1. The van der Waals surface area contributed by atoms with Crippen LogP contribution in [0.3, 0.4) is 0 Å². The maximum absolute atomic E-state index is 12.9. The maximum atomic E-state index is 12.9. The Bertz CT molecular complexity index is 1370. The molecule has 9 nitrogen and oxygen atoms in total. The second kappa shape index (κ2) is 13.1. The molecule has 41 heavy (non-hydrogen) atoms. The maximum Gasteiger partial charge on any atom is 0.256 e. The van der Waals surface area contributed by atoms with Crippen LogP contribution in [0.2, 0.25) is 18.1 Å². The first-order valence-electron chi connectivity index (χ1n) is 14.2. The van der Waals surface area contributed by atoms with Gasteiger partial charge in [0.2, 0.25) is 0 Å². The van der Waals surface area contributed by atoms with Crippen molar-refractivity contribution in [3.05, 3.63) is 54.5 Å². The average Bonchev–Trinajstić information content (AvgIpc) is 3.50. The molecule has 1 amide bonds. The van der Waals surface area contributed by atoms with Crippen LogP contribution < -0.4 is 5.32 Å². The third kappa shape index (κ3) is 7.04. The molecule has 1 fully saturated rings. The van der Waals surface area contributed by atoms with E-state index in [-0.39, 0.29) is 35.1 Å². The first-order valence-corrected chi connectivity index (χ1v) is 18.8. The number of aromatic nitrogens is 3. The van der Waals surface area contributed by atoms with Gasteiger partial charge in [-0.2, -0.15) is 5.26 Å². The zero-order valence-corrected chi connectivity index (χ0v) is 27.0. The Kier molecular flexibility index (Phi) is 9.99. The van der Waals surface area contributed by atoms with Crippen molar-refractivity contribution in [2.45, 2.75) is 83.3 Å². The molecule has 1 N–H and O–H groups in total. The molecule has 0 saturated heterocycles. The summed E-state index contributed by atoms with van der Waals surface area (Å²) in [7, 11) is -3.37. The molecular weight excluding hydrogens is 553 g/mol. The van der Waals surface area contributed by atoms with Crippen LogP contribution in [0, 0.1) is 17.2 Å². The summed E-state index contributed by atoms with van der Waals surface area (Å²) >= 11 is 0. The van der Waals surface area contributed by atoms with E-state index in [0.29, 0.717) is 24.4 Å². The molecule has 0 spiro atoms. The fraction of sp³-hybridized carbons (Fsp3) is 0.533. The average molecular weight is 596 g/mol. The molecule has 0 radical (unpaired) electrons. The quantitative estimate of drug-likeness (QED) is 0.141. The first-order chi connectivity index (χ1) is 19.5. The second-order valence-corrected chi connectivity index (χ2v) is 18.2. The molecule has 4 rings (SSSR count). The van der Waals surface area contributed by atoms with Crippen molar-refractivity contribution in [2.24, 2.45) is 5.92 Å². The molecule has 5 unspecified atom stereocenters. The van der Waals surface area contributed by atoms with Gasteiger partial charge in [-0.05, 0) is 48.7 Å². The number of fused-ring (bicyclic) bond motifs is 1. The van der Waals surface area contributed by atoms with Gasteiger partial charge in [0.25, 0.3) is 5.91 Å². The van der Waals surface area contributed by atoms with Crippen LogP contribution in [0.15, 0.2) is 48.9 Å². The number of nitrogens with zero attached hydrogens (tertiary/aromatic N) is 4. The van der Waals surface area contributed by atoms with Crippen LogP contribution in [-0.4, -0.2) is 54.2 Å². The van der Waals surface area contributed by atoms with Crippen molar-refractivity contribution in [3.63, 3.8) is 0 Å². The highest BCUT2D eigenvalue weighted by Crippen LogP contribution is 2.50. The van der Waals surface area contributed by atoms with Crippen LogP contribution >= 0.6 is 8.38 Å². The predicted molar refractivity (Wildman–Crippen MR) is 165 cm³/mol. The number of nitriles is 1. The molecule has 2 heterocycles. The second-order valence-electron chi connectivity index (χ2n) is 12.1. The normalized spacial score (nSPS) is 22.0. The molecule has 3 aromatic rings. The zero-order chi connectivity index (χ0) is 29.8. The monoisotopic (exact) mass is 595 g/mol. The summed E-state index contributed by atoms with van der Waals surface area (Å²) in [5, 5.41) is 12.7. The topological polar surface area (TPSA) is 111 Å². The van der Waals surface area contributed by atoms with E-state index in [9.17, 15) is 4.79 Å². The van der Waals surface area contributed by atoms with E-state index in [0.717, 1.165) is 23.9 Å². The van der Waals surface area contributed by atoms with Crippen LogP contribution in [0.5, 0.6) is 0 Å². The third-order valence-corrected chi connectivity index (χ3v) is 13.9. The molecule has 0 aliphatic heterocycles. The van der Waals surface area contributed by atoms with Crippen molar-refractivity contribution in [3.8, 4) is 6.07 Å². The van der Waals surface area contributed by atoms with Gasteiger partial charge in [-0.1, -0.05) is 52.3 Å². The Labute approximate surface area is 245 Å². The van der Waals surface area contributed by atoms with Gasteiger partial charge < -0.3 is 23.4 Å². The number of carbonyl (C=O) groups excluding carboxylic acids is 1.